The Hall–Kier alpha value is -3.01. The van der Waals surface area contributed by atoms with Gasteiger partial charge in [0.25, 0.3) is 0 Å². The van der Waals surface area contributed by atoms with Crippen molar-refractivity contribution in [3.63, 3.8) is 0 Å². The summed E-state index contributed by atoms with van der Waals surface area (Å²) < 4.78 is 14.5. The molecule has 3 N–H and O–H groups in total. The molecule has 0 saturated carbocycles. The number of halogens is 2. The number of aromatic nitrogens is 2. The highest BCUT2D eigenvalue weighted by atomic mass is 35.5. The third kappa shape index (κ3) is 5.23. The molecule has 10 heteroatoms. The Morgan fingerprint density at radius 2 is 1.92 bits per heavy atom. The number of aliphatic hydroxyl groups excluding tert-OH is 1. The van der Waals surface area contributed by atoms with E-state index in [1.807, 2.05) is 0 Å². The molecule has 3 aromatic rings. The van der Waals surface area contributed by atoms with E-state index in [9.17, 15) is 19.4 Å². The van der Waals surface area contributed by atoms with Gasteiger partial charge >= 0.3 is 5.97 Å². The third-order valence-electron chi connectivity index (χ3n) is 7.19. The van der Waals surface area contributed by atoms with Crippen LogP contribution in [0.2, 0.25) is 5.02 Å². The van der Waals surface area contributed by atoms with Crippen molar-refractivity contribution < 1.29 is 19.4 Å². The smallest absolute Gasteiger partial charge is 0.335 e. The number of carboxylic acid groups (broad SMARTS) is 1. The summed E-state index contributed by atoms with van der Waals surface area (Å²) in [6.07, 6.45) is 4.09. The first kappa shape index (κ1) is 24.7. The number of hydrogen-bond donors (Lipinski definition) is 3. The lowest BCUT2D eigenvalue weighted by Gasteiger charge is -2.42. The SMILES string of the molecule is O=C(O)c1ccc2c(Nc3ccc(Cl)cc3F)nc(N3CCC(N4CCCC(CO)C4)CC3)nc2c1. The lowest BCUT2D eigenvalue weighted by atomic mass is 9.94. The molecule has 0 amide bonds. The molecule has 1 atom stereocenters. The Kier molecular flexibility index (Phi) is 7.22. The number of benzene rings is 2. The summed E-state index contributed by atoms with van der Waals surface area (Å²) in [6.45, 7) is 3.74. The van der Waals surface area contributed by atoms with Gasteiger partial charge in [-0.1, -0.05) is 11.6 Å². The molecule has 0 bridgehead atoms. The normalized spacial score (nSPS) is 19.5. The van der Waals surface area contributed by atoms with E-state index in [1.54, 1.807) is 18.2 Å². The number of likely N-dealkylation sites (tertiary alicyclic amines) is 1. The van der Waals surface area contributed by atoms with Gasteiger partial charge in [0.1, 0.15) is 11.6 Å². The minimum absolute atomic E-state index is 0.123. The Bertz CT molecular complexity index is 1270. The maximum absolute atomic E-state index is 14.5. The van der Waals surface area contributed by atoms with Gasteiger partial charge in [-0.05, 0) is 74.5 Å². The number of carbonyl (C=O) groups is 1. The van der Waals surface area contributed by atoms with Gasteiger partial charge in [-0.3, -0.25) is 4.90 Å². The average molecular weight is 514 g/mol. The number of nitrogens with zero attached hydrogens (tertiary/aromatic N) is 4. The monoisotopic (exact) mass is 513 g/mol. The Morgan fingerprint density at radius 3 is 2.64 bits per heavy atom. The minimum atomic E-state index is -1.04. The molecule has 1 aromatic heterocycles. The maximum atomic E-state index is 14.5. The van der Waals surface area contributed by atoms with Crippen molar-refractivity contribution >= 4 is 45.9 Å². The molecule has 2 aliphatic rings. The molecule has 3 heterocycles. The van der Waals surface area contributed by atoms with Crippen molar-refractivity contribution in [1.82, 2.24) is 14.9 Å². The Balaban J connectivity index is 1.42. The van der Waals surface area contributed by atoms with Crippen molar-refractivity contribution in [1.29, 1.82) is 0 Å². The van der Waals surface area contributed by atoms with E-state index in [0.29, 0.717) is 39.7 Å². The summed E-state index contributed by atoms with van der Waals surface area (Å²) in [5.74, 6) is -0.324. The topological polar surface area (TPSA) is 102 Å². The highest BCUT2D eigenvalue weighted by molar-refractivity contribution is 6.30. The van der Waals surface area contributed by atoms with Crippen molar-refractivity contribution in [3.8, 4) is 0 Å². The molecule has 36 heavy (non-hydrogen) atoms. The number of nitrogens with one attached hydrogen (secondary N) is 1. The lowest BCUT2D eigenvalue weighted by molar-refractivity contribution is 0.0697. The first-order chi connectivity index (χ1) is 17.4. The van der Waals surface area contributed by atoms with Crippen LogP contribution in [0.1, 0.15) is 36.0 Å². The second kappa shape index (κ2) is 10.5. The second-order valence-electron chi connectivity index (χ2n) is 9.56. The van der Waals surface area contributed by atoms with Crippen molar-refractivity contribution in [2.45, 2.75) is 31.7 Å². The van der Waals surface area contributed by atoms with Gasteiger partial charge in [0, 0.05) is 42.7 Å². The van der Waals surface area contributed by atoms with Crippen LogP contribution in [0.25, 0.3) is 10.9 Å². The Labute approximate surface area is 213 Å². The molecule has 2 aromatic carbocycles. The van der Waals surface area contributed by atoms with Crippen molar-refractivity contribution in [2.24, 2.45) is 5.92 Å². The van der Waals surface area contributed by atoms with Crippen molar-refractivity contribution in [3.05, 3.63) is 52.8 Å². The molecular formula is C26H29ClFN5O3. The van der Waals surface area contributed by atoms with Gasteiger partial charge in [-0.25, -0.2) is 14.2 Å². The third-order valence-corrected chi connectivity index (χ3v) is 7.42. The lowest BCUT2D eigenvalue weighted by Crippen LogP contribution is -2.49. The predicted molar refractivity (Wildman–Crippen MR) is 138 cm³/mol. The van der Waals surface area contributed by atoms with Crippen LogP contribution >= 0.6 is 11.6 Å². The van der Waals surface area contributed by atoms with Gasteiger partial charge in [0.15, 0.2) is 0 Å². The number of aliphatic hydroxyl groups is 1. The zero-order valence-electron chi connectivity index (χ0n) is 19.8. The number of hydrogen-bond acceptors (Lipinski definition) is 7. The quantitative estimate of drug-likeness (QED) is 0.441. The molecule has 190 valence electrons. The van der Waals surface area contributed by atoms with E-state index in [1.165, 1.54) is 18.2 Å². The number of piperidine rings is 2. The molecule has 0 radical (unpaired) electrons. The molecule has 2 saturated heterocycles. The van der Waals surface area contributed by atoms with Gasteiger partial charge in [0.05, 0.1) is 16.8 Å². The second-order valence-corrected chi connectivity index (χ2v) is 10.00. The summed E-state index contributed by atoms with van der Waals surface area (Å²) in [7, 11) is 0. The van der Waals surface area contributed by atoms with Gasteiger partial charge in [-0.2, -0.15) is 4.98 Å². The fourth-order valence-electron chi connectivity index (χ4n) is 5.21. The molecule has 2 fully saturated rings. The van der Waals surface area contributed by atoms with Crippen LogP contribution in [0, 0.1) is 11.7 Å². The molecule has 0 spiro atoms. The van der Waals surface area contributed by atoms with Crippen LogP contribution in [0.5, 0.6) is 0 Å². The zero-order valence-corrected chi connectivity index (χ0v) is 20.6. The van der Waals surface area contributed by atoms with Crippen molar-refractivity contribution in [2.75, 3.05) is 43.0 Å². The molecule has 5 rings (SSSR count). The zero-order chi connectivity index (χ0) is 25.2. The van der Waals surface area contributed by atoms with E-state index in [2.05, 4.69) is 15.1 Å². The number of aromatic carboxylic acids is 1. The summed E-state index contributed by atoms with van der Waals surface area (Å²) in [5, 5.41) is 23.0. The fraction of sp³-hybridized carbons (Fsp3) is 0.423. The van der Waals surface area contributed by atoms with E-state index < -0.39 is 11.8 Å². The van der Waals surface area contributed by atoms with E-state index in [0.717, 1.165) is 51.9 Å². The van der Waals surface area contributed by atoms with Gasteiger partial charge < -0.3 is 20.4 Å². The van der Waals surface area contributed by atoms with E-state index in [-0.39, 0.29) is 17.9 Å². The number of rotatable bonds is 6. The van der Waals surface area contributed by atoms with Gasteiger partial charge in [-0.15, -0.1) is 0 Å². The first-order valence-electron chi connectivity index (χ1n) is 12.3. The van der Waals surface area contributed by atoms with Gasteiger partial charge in [0.2, 0.25) is 5.95 Å². The molecule has 2 aliphatic heterocycles. The van der Waals surface area contributed by atoms with Crippen LogP contribution in [-0.4, -0.2) is 69.9 Å². The molecular weight excluding hydrogens is 485 g/mol. The van der Waals surface area contributed by atoms with E-state index in [4.69, 9.17) is 21.6 Å². The largest absolute Gasteiger partial charge is 0.478 e. The number of fused-ring (bicyclic) bond motifs is 1. The molecule has 1 unspecified atom stereocenters. The molecule has 8 nitrogen and oxygen atoms in total. The summed E-state index contributed by atoms with van der Waals surface area (Å²) in [6, 6.07) is 9.45. The summed E-state index contributed by atoms with van der Waals surface area (Å²) in [4.78, 5) is 25.6. The minimum Gasteiger partial charge on any atom is -0.478 e. The number of carboxylic acids is 1. The first-order valence-corrected chi connectivity index (χ1v) is 12.7. The highest BCUT2D eigenvalue weighted by Gasteiger charge is 2.29. The Morgan fingerprint density at radius 1 is 1.11 bits per heavy atom. The highest BCUT2D eigenvalue weighted by Crippen LogP contribution is 2.31. The van der Waals surface area contributed by atoms with Crippen LogP contribution in [-0.2, 0) is 0 Å². The van der Waals surface area contributed by atoms with Crippen LogP contribution in [0.3, 0.4) is 0 Å². The van der Waals surface area contributed by atoms with E-state index >= 15 is 0 Å². The average Bonchev–Trinajstić information content (AvgIpc) is 2.90. The van der Waals surface area contributed by atoms with Crippen LogP contribution < -0.4 is 10.2 Å². The van der Waals surface area contributed by atoms with Crippen LogP contribution in [0.15, 0.2) is 36.4 Å². The summed E-state index contributed by atoms with van der Waals surface area (Å²) in [5.41, 5.74) is 0.814. The predicted octanol–water partition coefficient (Wildman–Crippen LogP) is 4.54. The maximum Gasteiger partial charge on any atom is 0.335 e. The molecule has 0 aliphatic carbocycles. The fourth-order valence-corrected chi connectivity index (χ4v) is 5.37. The van der Waals surface area contributed by atoms with Crippen LogP contribution in [0.4, 0.5) is 21.8 Å². The summed E-state index contributed by atoms with van der Waals surface area (Å²) >= 11 is 5.90. The number of anilines is 3. The standard InChI is InChI=1S/C26H29ClFN5O3/c27-18-4-6-22(21(28)13-18)29-24-20-5-3-17(25(35)36)12-23(20)30-26(31-24)32-10-7-19(8-11-32)33-9-1-2-16(14-33)15-34/h3-6,12-13,16,19,34H,1-2,7-11,14-15H2,(H,35,36)(H,29,30,31).